The van der Waals surface area contributed by atoms with Gasteiger partial charge in [0.15, 0.2) is 0 Å². The van der Waals surface area contributed by atoms with Gasteiger partial charge in [-0.2, -0.15) is 0 Å². The summed E-state index contributed by atoms with van der Waals surface area (Å²) in [4.78, 5) is 12.6. The van der Waals surface area contributed by atoms with E-state index in [1.54, 1.807) is 0 Å². The van der Waals surface area contributed by atoms with Gasteiger partial charge in [0.1, 0.15) is 0 Å². The van der Waals surface area contributed by atoms with Gasteiger partial charge < -0.3 is 16.4 Å². The zero-order valence-corrected chi connectivity index (χ0v) is 15.5. The first kappa shape index (κ1) is 17.7. The first-order valence-electron chi connectivity index (χ1n) is 10.3. The zero-order valence-electron chi connectivity index (χ0n) is 15.5. The molecule has 26 heavy (non-hydrogen) atoms. The van der Waals surface area contributed by atoms with Crippen molar-refractivity contribution in [1.82, 2.24) is 10.6 Å². The van der Waals surface area contributed by atoms with Crippen molar-refractivity contribution in [2.45, 2.75) is 69.5 Å². The van der Waals surface area contributed by atoms with Crippen molar-refractivity contribution >= 4 is 11.5 Å². The van der Waals surface area contributed by atoms with Gasteiger partial charge in [0.2, 0.25) is 5.91 Å². The van der Waals surface area contributed by atoms with Crippen molar-refractivity contribution < 1.29 is 4.79 Å². The molecule has 1 amide bonds. The number of piperidine rings is 1. The van der Waals surface area contributed by atoms with Crippen LogP contribution in [0.15, 0.2) is 30.3 Å². The lowest BCUT2D eigenvalue weighted by atomic mass is 9.92. The summed E-state index contributed by atoms with van der Waals surface area (Å²) in [5, 5.41) is 6.65. The highest BCUT2D eigenvalue weighted by Gasteiger charge is 2.42. The van der Waals surface area contributed by atoms with E-state index in [1.165, 1.54) is 55.2 Å². The Hall–Kier alpha value is -1.65. The lowest BCUT2D eigenvalue weighted by Crippen LogP contribution is -2.52. The van der Waals surface area contributed by atoms with Gasteiger partial charge in [-0.15, -0.1) is 0 Å². The molecule has 2 aliphatic carbocycles. The van der Waals surface area contributed by atoms with Crippen LogP contribution in [-0.2, 0) is 11.2 Å². The Balaban J connectivity index is 1.34. The minimum Gasteiger partial charge on any atom is -0.350 e. The van der Waals surface area contributed by atoms with Crippen LogP contribution in [0.25, 0.3) is 5.57 Å². The number of nitrogens with one attached hydrogen (secondary N) is 2. The highest BCUT2D eigenvalue weighted by Crippen LogP contribution is 2.35. The molecule has 0 radical (unpaired) electrons. The van der Waals surface area contributed by atoms with Crippen LogP contribution in [-0.4, -0.2) is 30.6 Å². The Labute approximate surface area is 156 Å². The Morgan fingerprint density at radius 1 is 1.23 bits per heavy atom. The van der Waals surface area contributed by atoms with E-state index in [0.717, 1.165) is 12.8 Å². The van der Waals surface area contributed by atoms with Crippen LogP contribution in [0.4, 0.5) is 0 Å². The second-order valence-corrected chi connectivity index (χ2v) is 8.23. The molecular weight excluding hydrogens is 322 g/mol. The molecule has 3 aliphatic rings. The lowest BCUT2D eigenvalue weighted by Gasteiger charge is -2.25. The van der Waals surface area contributed by atoms with E-state index >= 15 is 0 Å². The van der Waals surface area contributed by atoms with E-state index in [2.05, 4.69) is 41.0 Å². The number of allylic oxidation sites excluding steroid dienone is 2. The van der Waals surface area contributed by atoms with Gasteiger partial charge in [-0.1, -0.05) is 30.3 Å². The van der Waals surface area contributed by atoms with Gasteiger partial charge in [0.25, 0.3) is 0 Å². The number of amides is 1. The third-order valence-electron chi connectivity index (χ3n) is 6.37. The fourth-order valence-corrected chi connectivity index (χ4v) is 4.87. The molecule has 4 nitrogen and oxygen atoms in total. The van der Waals surface area contributed by atoms with Crippen molar-refractivity contribution in [1.29, 1.82) is 0 Å². The molecule has 4 atom stereocenters. The quantitative estimate of drug-likeness (QED) is 0.737. The maximum Gasteiger partial charge on any atom is 0.237 e. The van der Waals surface area contributed by atoms with Crippen molar-refractivity contribution in [2.75, 3.05) is 6.54 Å². The molecule has 140 valence electrons. The normalized spacial score (nSPS) is 28.7. The van der Waals surface area contributed by atoms with Crippen LogP contribution in [0.2, 0.25) is 0 Å². The van der Waals surface area contributed by atoms with Crippen molar-refractivity contribution in [3.8, 4) is 0 Å². The predicted molar refractivity (Wildman–Crippen MR) is 106 cm³/mol. The Bertz CT molecular complexity index is 666. The Morgan fingerprint density at radius 3 is 2.69 bits per heavy atom. The largest absolute Gasteiger partial charge is 0.350 e. The van der Waals surface area contributed by atoms with Gasteiger partial charge in [-0.05, 0) is 74.0 Å². The maximum absolute atomic E-state index is 12.6. The molecular formula is C22H31N3O. The van der Waals surface area contributed by atoms with Gasteiger partial charge in [0.05, 0.1) is 6.04 Å². The number of carbonyl (C=O) groups excluding carboxylic acids is 1. The molecule has 4 rings (SSSR count). The minimum atomic E-state index is -0.0107. The Kier molecular flexibility index (Phi) is 5.41. The van der Waals surface area contributed by atoms with Crippen LogP contribution >= 0.6 is 0 Å². The molecule has 3 unspecified atom stereocenters. The average Bonchev–Trinajstić information content (AvgIpc) is 3.32. The minimum absolute atomic E-state index is 0.00294. The standard InChI is InChI=1S/C22H31N3O/c23-14-20(25-22(26)21-18-10-11-19(13-18)24-21)12-15-6-8-17(9-7-15)16-4-2-1-3-5-16/h4,6-9,18-21,24H,1-3,5,10-14,23H2,(H,25,26)/t18?,19?,20-,21?/m0/s1. The van der Waals surface area contributed by atoms with Crippen LogP contribution in [0.3, 0.4) is 0 Å². The van der Waals surface area contributed by atoms with Gasteiger partial charge in [-0.25, -0.2) is 0 Å². The molecule has 1 aromatic carbocycles. The van der Waals surface area contributed by atoms with E-state index in [1.807, 2.05) is 0 Å². The topological polar surface area (TPSA) is 67.1 Å². The second kappa shape index (κ2) is 7.93. The number of benzene rings is 1. The molecule has 2 fully saturated rings. The predicted octanol–water partition coefficient (Wildman–Crippen LogP) is 2.77. The first-order chi connectivity index (χ1) is 12.7. The fraction of sp³-hybridized carbons (Fsp3) is 0.591. The number of hydrogen-bond donors (Lipinski definition) is 3. The van der Waals surface area contributed by atoms with E-state index < -0.39 is 0 Å². The summed E-state index contributed by atoms with van der Waals surface area (Å²) in [5.74, 6) is 0.651. The molecule has 2 bridgehead atoms. The van der Waals surface area contributed by atoms with Gasteiger partial charge in [0, 0.05) is 18.6 Å². The van der Waals surface area contributed by atoms with Crippen LogP contribution in [0.5, 0.6) is 0 Å². The second-order valence-electron chi connectivity index (χ2n) is 8.23. The SMILES string of the molecule is NC[C@H](Cc1ccc(C2=CCCCC2)cc1)NC(=O)C1NC2CCC1C2. The van der Waals surface area contributed by atoms with Crippen molar-refractivity contribution in [3.05, 3.63) is 41.5 Å². The van der Waals surface area contributed by atoms with Gasteiger partial charge >= 0.3 is 0 Å². The summed E-state index contributed by atoms with van der Waals surface area (Å²) in [6, 6.07) is 9.36. The lowest BCUT2D eigenvalue weighted by molar-refractivity contribution is -0.124. The van der Waals surface area contributed by atoms with E-state index in [0.29, 0.717) is 18.5 Å². The number of nitrogens with two attached hydrogens (primary N) is 1. The summed E-state index contributed by atoms with van der Waals surface area (Å²) in [6.45, 7) is 0.472. The molecule has 1 saturated heterocycles. The summed E-state index contributed by atoms with van der Waals surface area (Å²) >= 11 is 0. The molecule has 4 N–H and O–H groups in total. The number of carbonyl (C=O) groups is 1. The molecule has 0 aromatic heterocycles. The van der Waals surface area contributed by atoms with E-state index in [4.69, 9.17) is 5.73 Å². The number of rotatable bonds is 6. The van der Waals surface area contributed by atoms with Crippen LogP contribution < -0.4 is 16.4 Å². The molecule has 4 heteroatoms. The third kappa shape index (κ3) is 3.86. The number of fused-ring (bicyclic) bond motifs is 2. The highest BCUT2D eigenvalue weighted by atomic mass is 16.2. The molecule has 1 saturated carbocycles. The summed E-state index contributed by atoms with van der Waals surface area (Å²) < 4.78 is 0. The smallest absolute Gasteiger partial charge is 0.237 e. The van der Waals surface area contributed by atoms with E-state index in [-0.39, 0.29) is 18.0 Å². The van der Waals surface area contributed by atoms with Crippen LogP contribution in [0, 0.1) is 5.92 Å². The van der Waals surface area contributed by atoms with Crippen molar-refractivity contribution in [2.24, 2.45) is 11.7 Å². The monoisotopic (exact) mass is 353 g/mol. The maximum atomic E-state index is 12.6. The van der Waals surface area contributed by atoms with Crippen LogP contribution in [0.1, 0.15) is 56.1 Å². The zero-order chi connectivity index (χ0) is 17.9. The van der Waals surface area contributed by atoms with Crippen molar-refractivity contribution in [3.63, 3.8) is 0 Å². The molecule has 1 aliphatic heterocycles. The summed E-state index contributed by atoms with van der Waals surface area (Å²) in [6.07, 6.45) is 11.7. The van der Waals surface area contributed by atoms with Gasteiger partial charge in [-0.3, -0.25) is 4.79 Å². The molecule has 0 spiro atoms. The highest BCUT2D eigenvalue weighted by molar-refractivity contribution is 5.83. The molecule has 1 heterocycles. The average molecular weight is 354 g/mol. The fourth-order valence-electron chi connectivity index (χ4n) is 4.87. The summed E-state index contributed by atoms with van der Waals surface area (Å²) in [7, 11) is 0. The Morgan fingerprint density at radius 2 is 2.08 bits per heavy atom. The first-order valence-corrected chi connectivity index (χ1v) is 10.3. The molecule has 1 aromatic rings. The third-order valence-corrected chi connectivity index (χ3v) is 6.37. The number of hydrogen-bond acceptors (Lipinski definition) is 3. The van der Waals surface area contributed by atoms with E-state index in [9.17, 15) is 4.79 Å². The summed E-state index contributed by atoms with van der Waals surface area (Å²) in [5.41, 5.74) is 10.0.